The monoisotopic (exact) mass is 469 g/mol. The van der Waals surface area contributed by atoms with Crippen LogP contribution in [0.1, 0.15) is 29.9 Å². The van der Waals surface area contributed by atoms with Crippen molar-refractivity contribution in [3.05, 3.63) is 59.7 Å². The Morgan fingerprint density at radius 1 is 0.853 bits per heavy atom. The summed E-state index contributed by atoms with van der Waals surface area (Å²) in [7, 11) is 1.61. The molecule has 0 spiro atoms. The maximum Gasteiger partial charge on any atom is 0.409 e. The van der Waals surface area contributed by atoms with E-state index in [1.165, 1.54) is 4.90 Å². The molecule has 1 amide bonds. The van der Waals surface area contributed by atoms with Gasteiger partial charge in [0, 0.05) is 25.9 Å². The van der Waals surface area contributed by atoms with Crippen LogP contribution in [-0.4, -0.2) is 73.8 Å². The summed E-state index contributed by atoms with van der Waals surface area (Å²) in [4.78, 5) is 46.6. The van der Waals surface area contributed by atoms with Crippen molar-refractivity contribution in [2.24, 2.45) is 0 Å². The smallest absolute Gasteiger partial charge is 0.409 e. The zero-order valence-electron chi connectivity index (χ0n) is 18.9. The molecule has 1 aliphatic carbocycles. The Morgan fingerprint density at radius 3 is 2.09 bits per heavy atom. The highest BCUT2D eigenvalue weighted by molar-refractivity contribution is 6.32. The van der Waals surface area contributed by atoms with Gasteiger partial charge in [-0.15, -0.1) is 0 Å². The lowest BCUT2D eigenvalue weighted by Gasteiger charge is -2.19. The van der Waals surface area contributed by atoms with Gasteiger partial charge in [0.15, 0.2) is 0 Å². The van der Waals surface area contributed by atoms with Gasteiger partial charge in [0.1, 0.15) is 13.2 Å². The van der Waals surface area contributed by atoms with Crippen LogP contribution < -0.4 is 0 Å². The van der Waals surface area contributed by atoms with Crippen LogP contribution in [0.25, 0.3) is 11.1 Å². The Bertz CT molecular complexity index is 1010. The molecule has 0 radical (unpaired) electrons. The number of carbonyl (C=O) groups excluding carboxylic acids is 3. The van der Waals surface area contributed by atoms with E-state index in [1.54, 1.807) is 7.05 Å². The van der Waals surface area contributed by atoms with E-state index in [-0.39, 0.29) is 45.3 Å². The number of hydrogen-bond donors (Lipinski definition) is 1. The molecule has 2 aromatic rings. The summed E-state index contributed by atoms with van der Waals surface area (Å²) in [5.41, 5.74) is 4.61. The number of esters is 1. The van der Waals surface area contributed by atoms with Gasteiger partial charge in [-0.25, -0.2) is 9.59 Å². The Labute approximate surface area is 197 Å². The zero-order chi connectivity index (χ0) is 24.5. The first kappa shape index (κ1) is 24.9. The average molecular weight is 469 g/mol. The molecule has 0 unspecified atom stereocenters. The minimum atomic E-state index is -1.57. The van der Waals surface area contributed by atoms with Crippen molar-refractivity contribution in [3.8, 4) is 11.1 Å². The van der Waals surface area contributed by atoms with Gasteiger partial charge in [0.2, 0.25) is 5.78 Å². The Kier molecular flexibility index (Phi) is 8.75. The van der Waals surface area contributed by atoms with E-state index in [0.717, 1.165) is 22.3 Å². The number of nitrogens with zero attached hydrogens (tertiary/aromatic N) is 1. The minimum Gasteiger partial charge on any atom is -0.476 e. The molecule has 3 rings (SSSR count). The van der Waals surface area contributed by atoms with E-state index in [2.05, 4.69) is 24.3 Å². The lowest BCUT2D eigenvalue weighted by atomic mass is 9.98. The number of ether oxygens (including phenoxy) is 3. The molecule has 0 saturated heterocycles. The number of benzene rings is 2. The van der Waals surface area contributed by atoms with Crippen LogP contribution in [0.5, 0.6) is 0 Å². The number of likely N-dealkylation sites (N-methyl/N-ethyl adjacent to an activating group) is 1. The quantitative estimate of drug-likeness (QED) is 0.286. The molecule has 0 aromatic heterocycles. The third-order valence-corrected chi connectivity index (χ3v) is 5.50. The first-order chi connectivity index (χ1) is 16.4. The number of carboxylic acids is 1. The largest absolute Gasteiger partial charge is 0.476 e. The number of rotatable bonds is 12. The molecule has 34 heavy (non-hydrogen) atoms. The fourth-order valence-corrected chi connectivity index (χ4v) is 3.71. The lowest BCUT2D eigenvalue weighted by molar-refractivity contribution is -0.151. The predicted octanol–water partition coefficient (Wildman–Crippen LogP) is 2.86. The van der Waals surface area contributed by atoms with E-state index >= 15 is 0 Å². The molecule has 2 aromatic carbocycles. The van der Waals surface area contributed by atoms with Gasteiger partial charge >= 0.3 is 18.0 Å². The molecular formula is C25H27NO8. The molecule has 9 nitrogen and oxygen atoms in total. The number of amides is 1. The van der Waals surface area contributed by atoms with Gasteiger partial charge < -0.3 is 24.2 Å². The molecule has 9 heteroatoms. The van der Waals surface area contributed by atoms with E-state index in [0.29, 0.717) is 0 Å². The second-order valence-corrected chi connectivity index (χ2v) is 7.79. The van der Waals surface area contributed by atoms with Crippen LogP contribution >= 0.6 is 0 Å². The van der Waals surface area contributed by atoms with E-state index in [4.69, 9.17) is 19.3 Å². The Morgan fingerprint density at radius 2 is 1.47 bits per heavy atom. The highest BCUT2D eigenvalue weighted by Gasteiger charge is 2.29. The molecule has 0 atom stereocenters. The summed E-state index contributed by atoms with van der Waals surface area (Å²) in [5.74, 6) is -3.29. The molecule has 0 fully saturated rings. The topological polar surface area (TPSA) is 119 Å². The number of carbonyl (C=O) groups is 4. The average Bonchev–Trinajstić information content (AvgIpc) is 3.16. The summed E-state index contributed by atoms with van der Waals surface area (Å²) in [6.07, 6.45) is -1.16. The Balaban J connectivity index is 1.34. The summed E-state index contributed by atoms with van der Waals surface area (Å²) in [5, 5.41) is 8.46. The van der Waals surface area contributed by atoms with E-state index in [1.807, 2.05) is 24.3 Å². The Hall–Kier alpha value is -3.72. The summed E-state index contributed by atoms with van der Waals surface area (Å²) < 4.78 is 15.8. The molecular weight excluding hydrogens is 442 g/mol. The first-order valence-corrected chi connectivity index (χ1v) is 10.9. The zero-order valence-corrected chi connectivity index (χ0v) is 18.9. The van der Waals surface area contributed by atoms with Crippen molar-refractivity contribution in [2.45, 2.75) is 18.8 Å². The molecule has 1 N–H and O–H groups in total. The number of ketones is 1. The predicted molar refractivity (Wildman–Crippen MR) is 121 cm³/mol. The first-order valence-electron chi connectivity index (χ1n) is 10.9. The van der Waals surface area contributed by atoms with Gasteiger partial charge in [-0.1, -0.05) is 48.5 Å². The fourth-order valence-electron chi connectivity index (χ4n) is 3.71. The summed E-state index contributed by atoms with van der Waals surface area (Å²) in [6.45, 7) is 0.817. The van der Waals surface area contributed by atoms with Gasteiger partial charge in [0.05, 0.1) is 19.6 Å². The molecule has 1 aliphatic rings. The normalized spacial score (nSPS) is 11.9. The van der Waals surface area contributed by atoms with Gasteiger partial charge in [0.25, 0.3) is 0 Å². The van der Waals surface area contributed by atoms with Crippen molar-refractivity contribution >= 4 is 23.8 Å². The number of aliphatic carboxylic acids is 1. The van der Waals surface area contributed by atoms with Crippen molar-refractivity contribution in [2.75, 3.05) is 40.0 Å². The fraction of sp³-hybridized carbons (Fsp3) is 0.360. The van der Waals surface area contributed by atoms with Crippen LogP contribution in [-0.2, 0) is 28.6 Å². The summed E-state index contributed by atoms with van der Waals surface area (Å²) in [6, 6.07) is 16.2. The van der Waals surface area contributed by atoms with Gasteiger partial charge in [-0.05, 0) is 22.3 Å². The lowest BCUT2D eigenvalue weighted by Crippen LogP contribution is -2.32. The number of Topliss-reactive ketones (excluding diaryl/α,β-unsaturated/α-hetero) is 1. The molecule has 0 saturated carbocycles. The third-order valence-electron chi connectivity index (χ3n) is 5.50. The van der Waals surface area contributed by atoms with Gasteiger partial charge in [-0.3, -0.25) is 9.59 Å². The second-order valence-electron chi connectivity index (χ2n) is 7.79. The molecule has 0 bridgehead atoms. The number of fused-ring (bicyclic) bond motifs is 3. The van der Waals surface area contributed by atoms with Crippen molar-refractivity contribution in [3.63, 3.8) is 0 Å². The summed E-state index contributed by atoms with van der Waals surface area (Å²) >= 11 is 0. The maximum absolute atomic E-state index is 12.4. The number of carboxylic acid groups (broad SMARTS) is 1. The van der Waals surface area contributed by atoms with Crippen LogP contribution in [0.3, 0.4) is 0 Å². The SMILES string of the molecule is CN(CCOCCOC(=O)CCC(=O)C(=O)O)C(=O)OCC1c2ccccc2-c2ccccc21. The second kappa shape index (κ2) is 11.9. The maximum atomic E-state index is 12.4. The van der Waals surface area contributed by atoms with Crippen molar-refractivity contribution in [1.29, 1.82) is 0 Å². The van der Waals surface area contributed by atoms with Crippen LogP contribution in [0.4, 0.5) is 4.79 Å². The highest BCUT2D eigenvalue weighted by Crippen LogP contribution is 2.44. The van der Waals surface area contributed by atoms with Crippen LogP contribution in [0.2, 0.25) is 0 Å². The van der Waals surface area contributed by atoms with E-state index in [9.17, 15) is 19.2 Å². The van der Waals surface area contributed by atoms with E-state index < -0.39 is 30.2 Å². The van der Waals surface area contributed by atoms with Crippen molar-refractivity contribution < 1.29 is 38.5 Å². The molecule has 180 valence electrons. The minimum absolute atomic E-state index is 0.0125. The highest BCUT2D eigenvalue weighted by atomic mass is 16.6. The number of hydrogen-bond acceptors (Lipinski definition) is 7. The molecule has 0 heterocycles. The van der Waals surface area contributed by atoms with Crippen molar-refractivity contribution in [1.82, 2.24) is 4.90 Å². The third kappa shape index (κ3) is 6.41. The van der Waals surface area contributed by atoms with Crippen LogP contribution in [0.15, 0.2) is 48.5 Å². The molecule has 0 aliphatic heterocycles. The standard InChI is InChI=1S/C25H27NO8/c1-26(12-13-32-14-15-33-23(28)11-10-22(27)24(29)30)25(31)34-16-21-19-8-4-2-6-17(19)18-7-3-5-9-20(18)21/h2-9,21H,10-16H2,1H3,(H,29,30). The van der Waals surface area contributed by atoms with Crippen LogP contribution in [0, 0.1) is 0 Å². The van der Waals surface area contributed by atoms with Gasteiger partial charge in [-0.2, -0.15) is 0 Å².